The fourth-order valence-corrected chi connectivity index (χ4v) is 3.24. The van der Waals surface area contributed by atoms with Crippen LogP contribution in [0.25, 0.3) is 0 Å². The van der Waals surface area contributed by atoms with Crippen molar-refractivity contribution in [3.8, 4) is 5.75 Å². The minimum Gasteiger partial charge on any atom is -0.497 e. The monoisotopic (exact) mass is 240 g/mol. The molecule has 1 nitrogen and oxygen atoms in total. The van der Waals surface area contributed by atoms with Crippen LogP contribution in [0.5, 0.6) is 5.75 Å². The normalized spacial score (nSPS) is 22.8. The van der Waals surface area contributed by atoms with Crippen molar-refractivity contribution >= 4 is 0 Å². The first kappa shape index (κ1) is 11.6. The zero-order valence-electron chi connectivity index (χ0n) is 11.0. The van der Waals surface area contributed by atoms with Gasteiger partial charge >= 0.3 is 0 Å². The van der Waals surface area contributed by atoms with Gasteiger partial charge in [-0.25, -0.2) is 0 Å². The summed E-state index contributed by atoms with van der Waals surface area (Å²) in [4.78, 5) is 0. The van der Waals surface area contributed by atoms with Gasteiger partial charge in [-0.2, -0.15) is 0 Å². The Labute approximate surface area is 109 Å². The summed E-state index contributed by atoms with van der Waals surface area (Å²) in [6.07, 6.45) is 11.1. The molecule has 0 heterocycles. The summed E-state index contributed by atoms with van der Waals surface area (Å²) in [5.41, 5.74) is 4.69. The van der Waals surface area contributed by atoms with Crippen molar-refractivity contribution in [1.82, 2.24) is 0 Å². The number of rotatable bonds is 2. The first-order valence-electron chi connectivity index (χ1n) is 6.91. The van der Waals surface area contributed by atoms with E-state index in [1.807, 2.05) is 6.07 Å². The highest BCUT2D eigenvalue weighted by Crippen LogP contribution is 2.42. The molecule has 0 saturated heterocycles. The molecule has 0 spiro atoms. The molecule has 0 fully saturated rings. The molecule has 0 aromatic heterocycles. The zero-order chi connectivity index (χ0) is 12.4. The number of ether oxygens (including phenoxy) is 1. The average Bonchev–Trinajstić information content (AvgIpc) is 2.47. The Morgan fingerprint density at radius 3 is 3.06 bits per heavy atom. The van der Waals surface area contributed by atoms with Crippen molar-refractivity contribution in [2.45, 2.75) is 38.0 Å². The van der Waals surface area contributed by atoms with E-state index in [2.05, 4.69) is 30.4 Å². The van der Waals surface area contributed by atoms with E-state index in [0.29, 0.717) is 5.92 Å². The van der Waals surface area contributed by atoms with Crippen molar-refractivity contribution in [2.24, 2.45) is 0 Å². The molecule has 94 valence electrons. The first-order valence-corrected chi connectivity index (χ1v) is 6.91. The minimum absolute atomic E-state index is 0.584. The molecule has 3 rings (SSSR count). The molecule has 0 aliphatic heterocycles. The predicted molar refractivity (Wildman–Crippen MR) is 75.0 cm³/mol. The predicted octanol–water partition coefficient (Wildman–Crippen LogP) is 4.61. The number of methoxy groups -OCH3 is 1. The Hall–Kier alpha value is -1.50. The number of allylic oxidation sites excluding steroid dienone is 4. The molecule has 0 N–H and O–H groups in total. The third-order valence-corrected chi connectivity index (χ3v) is 4.16. The van der Waals surface area contributed by atoms with Gasteiger partial charge in [0.05, 0.1) is 7.11 Å². The molecule has 1 unspecified atom stereocenters. The van der Waals surface area contributed by atoms with E-state index in [0.717, 1.165) is 5.75 Å². The molecule has 0 bridgehead atoms. The van der Waals surface area contributed by atoms with Crippen LogP contribution in [-0.4, -0.2) is 7.11 Å². The second kappa shape index (κ2) is 5.01. The van der Waals surface area contributed by atoms with Crippen LogP contribution in [0.1, 0.15) is 43.6 Å². The Morgan fingerprint density at radius 1 is 1.22 bits per heavy atom. The maximum atomic E-state index is 5.35. The van der Waals surface area contributed by atoms with Gasteiger partial charge in [0.15, 0.2) is 0 Å². The molecule has 0 amide bonds. The molecular formula is C17H20O. The third-order valence-electron chi connectivity index (χ3n) is 4.16. The van der Waals surface area contributed by atoms with Gasteiger partial charge in [0.25, 0.3) is 0 Å². The average molecular weight is 240 g/mol. The lowest BCUT2D eigenvalue weighted by molar-refractivity contribution is 0.413. The highest BCUT2D eigenvalue weighted by atomic mass is 16.5. The summed E-state index contributed by atoms with van der Waals surface area (Å²) in [5, 5.41) is 0. The van der Waals surface area contributed by atoms with Crippen LogP contribution < -0.4 is 4.74 Å². The second-order valence-corrected chi connectivity index (χ2v) is 5.22. The van der Waals surface area contributed by atoms with Gasteiger partial charge in [0.1, 0.15) is 5.75 Å². The van der Waals surface area contributed by atoms with Crippen LogP contribution in [0, 0.1) is 0 Å². The standard InChI is InChI=1S/C17H20O/c1-18-15-9-4-8-14(12-15)17-11-5-7-13-6-2-3-10-16(13)17/h3-4,8-10,12,17H,2,5-7,11H2,1H3. The molecule has 0 saturated carbocycles. The maximum absolute atomic E-state index is 5.35. The van der Waals surface area contributed by atoms with E-state index >= 15 is 0 Å². The zero-order valence-corrected chi connectivity index (χ0v) is 11.0. The third kappa shape index (κ3) is 2.10. The molecule has 18 heavy (non-hydrogen) atoms. The van der Waals surface area contributed by atoms with Crippen LogP contribution in [0.2, 0.25) is 0 Å². The fourth-order valence-electron chi connectivity index (χ4n) is 3.24. The maximum Gasteiger partial charge on any atom is 0.119 e. The topological polar surface area (TPSA) is 9.23 Å². The van der Waals surface area contributed by atoms with E-state index in [4.69, 9.17) is 4.74 Å². The summed E-state index contributed by atoms with van der Waals surface area (Å²) in [7, 11) is 1.74. The van der Waals surface area contributed by atoms with E-state index in [1.165, 1.54) is 37.7 Å². The minimum atomic E-state index is 0.584. The molecule has 2 aliphatic rings. The van der Waals surface area contributed by atoms with Crippen LogP contribution in [0.15, 0.2) is 47.6 Å². The Bertz CT molecular complexity index is 496. The number of hydrogen-bond acceptors (Lipinski definition) is 1. The van der Waals surface area contributed by atoms with Gasteiger partial charge in [-0.1, -0.05) is 29.9 Å². The van der Waals surface area contributed by atoms with Crippen molar-refractivity contribution in [1.29, 1.82) is 0 Å². The lowest BCUT2D eigenvalue weighted by Gasteiger charge is -2.29. The Balaban J connectivity index is 1.97. The van der Waals surface area contributed by atoms with Crippen molar-refractivity contribution in [3.05, 3.63) is 53.1 Å². The number of hydrogen-bond donors (Lipinski definition) is 0. The van der Waals surface area contributed by atoms with Gasteiger partial charge in [-0.15, -0.1) is 0 Å². The fraction of sp³-hybridized carbons (Fsp3) is 0.412. The highest BCUT2D eigenvalue weighted by molar-refractivity contribution is 5.43. The van der Waals surface area contributed by atoms with Gasteiger partial charge < -0.3 is 4.74 Å². The van der Waals surface area contributed by atoms with Crippen LogP contribution >= 0.6 is 0 Å². The van der Waals surface area contributed by atoms with Crippen molar-refractivity contribution < 1.29 is 4.74 Å². The molecule has 1 heteroatoms. The van der Waals surface area contributed by atoms with Crippen LogP contribution in [-0.2, 0) is 0 Å². The Kier molecular flexibility index (Phi) is 3.22. The molecular weight excluding hydrogens is 220 g/mol. The van der Waals surface area contributed by atoms with Gasteiger partial charge in [0.2, 0.25) is 0 Å². The molecule has 1 aromatic carbocycles. The summed E-state index contributed by atoms with van der Waals surface area (Å²) < 4.78 is 5.35. The lowest BCUT2D eigenvalue weighted by Crippen LogP contribution is -2.11. The van der Waals surface area contributed by atoms with E-state index in [-0.39, 0.29) is 0 Å². The quantitative estimate of drug-likeness (QED) is 0.733. The molecule has 1 aromatic rings. The van der Waals surface area contributed by atoms with Crippen molar-refractivity contribution in [2.75, 3.05) is 7.11 Å². The lowest BCUT2D eigenvalue weighted by atomic mass is 9.76. The van der Waals surface area contributed by atoms with Crippen LogP contribution in [0.4, 0.5) is 0 Å². The number of benzene rings is 1. The smallest absolute Gasteiger partial charge is 0.119 e. The summed E-state index contributed by atoms with van der Waals surface area (Å²) >= 11 is 0. The highest BCUT2D eigenvalue weighted by Gasteiger charge is 2.24. The van der Waals surface area contributed by atoms with E-state index in [1.54, 1.807) is 18.3 Å². The van der Waals surface area contributed by atoms with Gasteiger partial charge in [-0.3, -0.25) is 0 Å². The Morgan fingerprint density at radius 2 is 2.17 bits per heavy atom. The largest absolute Gasteiger partial charge is 0.497 e. The summed E-state index contributed by atoms with van der Waals surface area (Å²) in [5.74, 6) is 1.56. The molecule has 0 radical (unpaired) electrons. The molecule has 2 aliphatic carbocycles. The van der Waals surface area contributed by atoms with Gasteiger partial charge in [0, 0.05) is 5.92 Å². The molecule has 1 atom stereocenters. The summed E-state index contributed by atoms with van der Waals surface area (Å²) in [6, 6.07) is 8.57. The van der Waals surface area contributed by atoms with E-state index < -0.39 is 0 Å². The van der Waals surface area contributed by atoms with Gasteiger partial charge in [-0.05, 0) is 55.4 Å². The van der Waals surface area contributed by atoms with Crippen molar-refractivity contribution in [3.63, 3.8) is 0 Å². The van der Waals surface area contributed by atoms with Crippen LogP contribution in [0.3, 0.4) is 0 Å². The second-order valence-electron chi connectivity index (χ2n) is 5.22. The van der Waals surface area contributed by atoms with E-state index in [9.17, 15) is 0 Å². The summed E-state index contributed by atoms with van der Waals surface area (Å²) in [6.45, 7) is 0. The SMILES string of the molecule is COc1cccc(C2CCCC3=C2C=CCC3)c1. The first-order chi connectivity index (χ1) is 8.88.